The maximum atomic E-state index is 13.7. The average Bonchev–Trinajstić information content (AvgIpc) is 2.83. The minimum Gasteiger partial charge on any atom is -0.306 e. The monoisotopic (exact) mass is 305 g/mol. The zero-order valence-corrected chi connectivity index (χ0v) is 14.3. The molecule has 0 fully saturated rings. The summed E-state index contributed by atoms with van der Waals surface area (Å²) in [7, 11) is 0. The molecule has 21 heavy (non-hydrogen) atoms. The van der Waals surface area contributed by atoms with E-state index in [0.29, 0.717) is 0 Å². The van der Waals surface area contributed by atoms with E-state index in [0.717, 1.165) is 17.7 Å². The van der Waals surface area contributed by atoms with Crippen LogP contribution in [0.4, 0.5) is 4.39 Å². The number of rotatable bonds is 4. The maximum absolute atomic E-state index is 13.7. The van der Waals surface area contributed by atoms with E-state index in [9.17, 15) is 4.39 Å². The van der Waals surface area contributed by atoms with Gasteiger partial charge in [0.2, 0.25) is 0 Å². The van der Waals surface area contributed by atoms with Crippen molar-refractivity contribution in [1.82, 2.24) is 5.32 Å². The smallest absolute Gasteiger partial charge is 0.123 e. The Morgan fingerprint density at radius 2 is 1.90 bits per heavy atom. The molecular formula is C18H24FNS. The van der Waals surface area contributed by atoms with E-state index < -0.39 is 0 Å². The first-order chi connectivity index (χ1) is 9.81. The standard InChI is InChI=1S/C18H24FNS/c1-6-20-17(13-9-12(2)10-14(19)11-13)15-7-8-16(21-15)18(3,4)5/h7-11,17,20H,6H2,1-5H3. The molecule has 1 unspecified atom stereocenters. The fourth-order valence-corrected chi connectivity index (χ4v) is 3.60. The molecule has 3 heteroatoms. The molecule has 0 aliphatic carbocycles. The number of hydrogen-bond acceptors (Lipinski definition) is 2. The predicted octanol–water partition coefficient (Wildman–Crippen LogP) is 5.19. The van der Waals surface area contributed by atoms with E-state index >= 15 is 0 Å². The molecule has 0 amide bonds. The highest BCUT2D eigenvalue weighted by atomic mass is 32.1. The van der Waals surface area contributed by atoms with Crippen molar-refractivity contribution in [2.75, 3.05) is 6.54 Å². The van der Waals surface area contributed by atoms with Gasteiger partial charge < -0.3 is 5.32 Å². The summed E-state index contributed by atoms with van der Waals surface area (Å²) in [5.41, 5.74) is 2.11. The van der Waals surface area contributed by atoms with Crippen LogP contribution < -0.4 is 5.32 Å². The third-order valence-corrected chi connectivity index (χ3v) is 5.03. The van der Waals surface area contributed by atoms with Gasteiger partial charge >= 0.3 is 0 Å². The van der Waals surface area contributed by atoms with E-state index in [1.165, 1.54) is 9.75 Å². The molecule has 2 aromatic rings. The van der Waals surface area contributed by atoms with Gasteiger partial charge in [-0.25, -0.2) is 4.39 Å². The fraction of sp³-hybridized carbons (Fsp3) is 0.444. The summed E-state index contributed by atoms with van der Waals surface area (Å²) in [4.78, 5) is 2.60. The Hall–Kier alpha value is -1.19. The zero-order chi connectivity index (χ0) is 15.6. The van der Waals surface area contributed by atoms with Crippen molar-refractivity contribution in [3.63, 3.8) is 0 Å². The van der Waals surface area contributed by atoms with Gasteiger partial charge in [0.05, 0.1) is 6.04 Å². The molecular weight excluding hydrogens is 281 g/mol. The Kier molecular flexibility index (Phi) is 4.84. The second-order valence-corrected chi connectivity index (χ2v) is 7.62. The van der Waals surface area contributed by atoms with Crippen LogP contribution in [0.2, 0.25) is 0 Å². The third-order valence-electron chi connectivity index (χ3n) is 3.46. The van der Waals surface area contributed by atoms with Gasteiger partial charge in [0.1, 0.15) is 5.82 Å². The molecule has 0 bridgehead atoms. The van der Waals surface area contributed by atoms with E-state index in [1.807, 2.05) is 18.3 Å². The Balaban J connectivity index is 2.41. The average molecular weight is 305 g/mol. The topological polar surface area (TPSA) is 12.0 Å². The number of thiophene rings is 1. The Labute approximate surface area is 131 Å². The van der Waals surface area contributed by atoms with Crippen LogP contribution >= 0.6 is 11.3 Å². The molecule has 114 valence electrons. The molecule has 0 radical (unpaired) electrons. The van der Waals surface area contributed by atoms with Crippen LogP contribution in [-0.2, 0) is 5.41 Å². The summed E-state index contributed by atoms with van der Waals surface area (Å²) in [5.74, 6) is -0.166. The second-order valence-electron chi connectivity index (χ2n) is 6.50. The normalized spacial score (nSPS) is 13.4. The molecule has 0 aliphatic rings. The number of hydrogen-bond donors (Lipinski definition) is 1. The highest BCUT2D eigenvalue weighted by Crippen LogP contribution is 2.35. The lowest BCUT2D eigenvalue weighted by Gasteiger charge is -2.19. The lowest BCUT2D eigenvalue weighted by Crippen LogP contribution is -2.21. The predicted molar refractivity (Wildman–Crippen MR) is 89.7 cm³/mol. The maximum Gasteiger partial charge on any atom is 0.123 e. The lowest BCUT2D eigenvalue weighted by molar-refractivity contribution is 0.603. The van der Waals surface area contributed by atoms with Gasteiger partial charge in [0.25, 0.3) is 0 Å². The van der Waals surface area contributed by atoms with Crippen LogP contribution in [0.1, 0.15) is 54.6 Å². The molecule has 1 aromatic carbocycles. The first-order valence-corrected chi connectivity index (χ1v) is 8.23. The van der Waals surface area contributed by atoms with E-state index in [-0.39, 0.29) is 17.3 Å². The first-order valence-electron chi connectivity index (χ1n) is 7.42. The number of aryl methyl sites for hydroxylation is 1. The van der Waals surface area contributed by atoms with Gasteiger partial charge in [-0.1, -0.05) is 33.8 Å². The van der Waals surface area contributed by atoms with Crippen molar-refractivity contribution >= 4 is 11.3 Å². The van der Waals surface area contributed by atoms with E-state index in [2.05, 4.69) is 51.2 Å². The van der Waals surface area contributed by atoms with Crippen LogP contribution in [0.3, 0.4) is 0 Å². The quantitative estimate of drug-likeness (QED) is 0.819. The van der Waals surface area contributed by atoms with E-state index in [4.69, 9.17) is 0 Å². The van der Waals surface area contributed by atoms with Crippen molar-refractivity contribution in [3.8, 4) is 0 Å². The van der Waals surface area contributed by atoms with Crippen LogP contribution in [-0.4, -0.2) is 6.54 Å². The zero-order valence-electron chi connectivity index (χ0n) is 13.5. The molecule has 2 rings (SSSR count). The molecule has 0 saturated heterocycles. The van der Waals surface area contributed by atoms with Crippen molar-refractivity contribution in [2.45, 2.75) is 46.1 Å². The summed E-state index contributed by atoms with van der Waals surface area (Å²) in [6, 6.07) is 9.69. The lowest BCUT2D eigenvalue weighted by atomic mass is 9.95. The molecule has 1 N–H and O–H groups in total. The third kappa shape index (κ3) is 3.92. The molecule has 1 heterocycles. The number of benzene rings is 1. The molecule has 0 saturated carbocycles. The molecule has 0 aliphatic heterocycles. The highest BCUT2D eigenvalue weighted by Gasteiger charge is 2.21. The minimum atomic E-state index is -0.166. The van der Waals surface area contributed by atoms with Gasteiger partial charge in [-0.05, 0) is 54.3 Å². The van der Waals surface area contributed by atoms with Gasteiger partial charge in [-0.3, -0.25) is 0 Å². The highest BCUT2D eigenvalue weighted by molar-refractivity contribution is 7.12. The van der Waals surface area contributed by atoms with Crippen LogP contribution in [0.5, 0.6) is 0 Å². The van der Waals surface area contributed by atoms with Crippen LogP contribution in [0.15, 0.2) is 30.3 Å². The summed E-state index contributed by atoms with van der Waals surface area (Å²) >= 11 is 1.81. The van der Waals surface area contributed by atoms with Crippen molar-refractivity contribution < 1.29 is 4.39 Å². The molecule has 0 spiro atoms. The summed E-state index contributed by atoms with van der Waals surface area (Å²) in [6.45, 7) is 11.5. The minimum absolute atomic E-state index is 0.0606. The SMILES string of the molecule is CCNC(c1cc(C)cc(F)c1)c1ccc(C(C)(C)C)s1. The van der Waals surface area contributed by atoms with Crippen LogP contribution in [0, 0.1) is 12.7 Å². The van der Waals surface area contributed by atoms with E-state index in [1.54, 1.807) is 12.1 Å². The Morgan fingerprint density at radius 1 is 1.19 bits per heavy atom. The Bertz CT molecular complexity index is 590. The van der Waals surface area contributed by atoms with Crippen molar-refractivity contribution in [2.24, 2.45) is 0 Å². The fourth-order valence-electron chi connectivity index (χ4n) is 2.43. The summed E-state index contributed by atoms with van der Waals surface area (Å²) < 4.78 is 13.7. The molecule has 1 aromatic heterocycles. The first kappa shape index (κ1) is 16.2. The van der Waals surface area contributed by atoms with Gasteiger partial charge in [-0.15, -0.1) is 11.3 Å². The van der Waals surface area contributed by atoms with Gasteiger partial charge in [0, 0.05) is 9.75 Å². The second kappa shape index (κ2) is 6.29. The number of halogens is 1. The number of nitrogens with one attached hydrogen (secondary N) is 1. The summed E-state index contributed by atoms with van der Waals surface area (Å²) in [6.07, 6.45) is 0. The molecule has 1 nitrogen and oxygen atoms in total. The van der Waals surface area contributed by atoms with Crippen molar-refractivity contribution in [3.05, 3.63) is 57.0 Å². The van der Waals surface area contributed by atoms with Gasteiger partial charge in [-0.2, -0.15) is 0 Å². The summed E-state index contributed by atoms with van der Waals surface area (Å²) in [5, 5.41) is 3.48. The van der Waals surface area contributed by atoms with Gasteiger partial charge in [0.15, 0.2) is 0 Å². The Morgan fingerprint density at radius 3 is 2.43 bits per heavy atom. The van der Waals surface area contributed by atoms with Crippen molar-refractivity contribution in [1.29, 1.82) is 0 Å². The molecule has 1 atom stereocenters. The van der Waals surface area contributed by atoms with Crippen LogP contribution in [0.25, 0.3) is 0 Å². The largest absolute Gasteiger partial charge is 0.306 e.